The maximum Gasteiger partial charge on any atom is 0.322 e. The summed E-state index contributed by atoms with van der Waals surface area (Å²) in [4.78, 5) is 28.2. The SMILES string of the molecule is CC(=O)N1CCC(N(Cc2ccco2)C(=O)Nc2cccc(C)c2)CC1. The van der Waals surface area contributed by atoms with Crippen LogP contribution in [0.25, 0.3) is 0 Å². The van der Waals surface area contributed by atoms with E-state index in [9.17, 15) is 9.59 Å². The monoisotopic (exact) mass is 355 g/mol. The van der Waals surface area contributed by atoms with Gasteiger partial charge in [0.1, 0.15) is 5.76 Å². The summed E-state index contributed by atoms with van der Waals surface area (Å²) in [5, 5.41) is 2.99. The zero-order valence-corrected chi connectivity index (χ0v) is 15.3. The van der Waals surface area contributed by atoms with Crippen LogP contribution in [0.3, 0.4) is 0 Å². The molecule has 138 valence electrons. The molecule has 1 saturated heterocycles. The van der Waals surface area contributed by atoms with Crippen molar-refractivity contribution in [3.05, 3.63) is 54.0 Å². The minimum absolute atomic E-state index is 0.0699. The van der Waals surface area contributed by atoms with Gasteiger partial charge >= 0.3 is 6.03 Å². The predicted octanol–water partition coefficient (Wildman–Crippen LogP) is 3.63. The number of carbonyl (C=O) groups is 2. The molecule has 2 heterocycles. The Kier molecular flexibility index (Phi) is 5.61. The summed E-state index contributed by atoms with van der Waals surface area (Å²) in [6.07, 6.45) is 3.15. The second kappa shape index (κ2) is 8.08. The highest BCUT2D eigenvalue weighted by Gasteiger charge is 2.29. The Bertz CT molecular complexity index is 749. The molecule has 6 heteroatoms. The van der Waals surface area contributed by atoms with E-state index in [1.54, 1.807) is 13.2 Å². The zero-order valence-electron chi connectivity index (χ0n) is 15.3. The van der Waals surface area contributed by atoms with Gasteiger partial charge < -0.3 is 19.5 Å². The van der Waals surface area contributed by atoms with E-state index in [0.717, 1.165) is 29.9 Å². The van der Waals surface area contributed by atoms with Gasteiger partial charge in [-0.2, -0.15) is 0 Å². The van der Waals surface area contributed by atoms with Gasteiger partial charge in [-0.05, 0) is 49.6 Å². The third-order valence-corrected chi connectivity index (χ3v) is 4.79. The summed E-state index contributed by atoms with van der Waals surface area (Å²) in [5.74, 6) is 0.837. The molecule has 1 fully saturated rings. The number of nitrogens with zero attached hydrogens (tertiary/aromatic N) is 2. The molecule has 0 atom stereocenters. The van der Waals surface area contributed by atoms with Crippen molar-refractivity contribution in [3.8, 4) is 0 Å². The van der Waals surface area contributed by atoms with E-state index in [0.29, 0.717) is 19.6 Å². The molecule has 0 aliphatic carbocycles. The molecule has 0 saturated carbocycles. The average molecular weight is 355 g/mol. The molecule has 26 heavy (non-hydrogen) atoms. The van der Waals surface area contributed by atoms with Crippen LogP contribution in [0, 0.1) is 6.92 Å². The van der Waals surface area contributed by atoms with Gasteiger partial charge in [-0.25, -0.2) is 4.79 Å². The third-order valence-electron chi connectivity index (χ3n) is 4.79. The third kappa shape index (κ3) is 4.45. The Balaban J connectivity index is 1.72. The number of amides is 3. The summed E-state index contributed by atoms with van der Waals surface area (Å²) in [5.41, 5.74) is 1.87. The summed E-state index contributed by atoms with van der Waals surface area (Å²) in [6, 6.07) is 11.4. The number of benzene rings is 1. The second-order valence-corrected chi connectivity index (χ2v) is 6.74. The highest BCUT2D eigenvalue weighted by Crippen LogP contribution is 2.21. The number of piperidine rings is 1. The Hall–Kier alpha value is -2.76. The molecule has 0 bridgehead atoms. The topological polar surface area (TPSA) is 65.8 Å². The molecule has 2 aromatic rings. The molecule has 1 aromatic carbocycles. The van der Waals surface area contributed by atoms with E-state index < -0.39 is 0 Å². The van der Waals surface area contributed by atoms with Gasteiger partial charge in [0.25, 0.3) is 0 Å². The van der Waals surface area contributed by atoms with Crippen molar-refractivity contribution >= 4 is 17.6 Å². The van der Waals surface area contributed by atoms with Crippen LogP contribution in [0.4, 0.5) is 10.5 Å². The number of hydrogen-bond donors (Lipinski definition) is 1. The lowest BCUT2D eigenvalue weighted by atomic mass is 10.0. The van der Waals surface area contributed by atoms with Crippen LogP contribution in [0.2, 0.25) is 0 Å². The lowest BCUT2D eigenvalue weighted by Gasteiger charge is -2.38. The van der Waals surface area contributed by atoms with Crippen molar-refractivity contribution < 1.29 is 14.0 Å². The van der Waals surface area contributed by atoms with Crippen LogP contribution in [-0.4, -0.2) is 40.9 Å². The first-order valence-corrected chi connectivity index (χ1v) is 8.95. The molecule has 1 aliphatic heterocycles. The standard InChI is InChI=1S/C20H25N3O3/c1-15-5-3-6-17(13-15)21-20(25)23(14-19-7-4-12-26-19)18-8-10-22(11-9-18)16(2)24/h3-7,12-13,18H,8-11,14H2,1-2H3,(H,21,25). The van der Waals surface area contributed by atoms with Gasteiger partial charge in [0.15, 0.2) is 0 Å². The fourth-order valence-electron chi connectivity index (χ4n) is 3.35. The molecule has 0 unspecified atom stereocenters. The Morgan fingerprint density at radius 1 is 1.23 bits per heavy atom. The van der Waals surface area contributed by atoms with Crippen molar-refractivity contribution in [2.45, 2.75) is 39.3 Å². The van der Waals surface area contributed by atoms with E-state index in [1.165, 1.54) is 0 Å². The van der Waals surface area contributed by atoms with Crippen molar-refractivity contribution in [2.75, 3.05) is 18.4 Å². The number of furan rings is 1. The summed E-state index contributed by atoms with van der Waals surface area (Å²) in [7, 11) is 0. The first kappa shape index (κ1) is 18.0. The number of rotatable bonds is 4. The smallest absolute Gasteiger partial charge is 0.322 e. The van der Waals surface area contributed by atoms with E-state index in [-0.39, 0.29) is 18.0 Å². The van der Waals surface area contributed by atoms with E-state index in [1.807, 2.05) is 53.1 Å². The number of likely N-dealkylation sites (tertiary alicyclic amines) is 1. The molecular weight excluding hydrogens is 330 g/mol. The molecule has 0 radical (unpaired) electrons. The first-order chi connectivity index (χ1) is 12.5. The van der Waals surface area contributed by atoms with Crippen LogP contribution in [0.5, 0.6) is 0 Å². The van der Waals surface area contributed by atoms with Crippen LogP contribution in [0.1, 0.15) is 31.1 Å². The maximum atomic E-state index is 13.0. The molecule has 0 spiro atoms. The first-order valence-electron chi connectivity index (χ1n) is 8.95. The van der Waals surface area contributed by atoms with Crippen molar-refractivity contribution in [1.82, 2.24) is 9.80 Å². The van der Waals surface area contributed by atoms with Gasteiger partial charge in [-0.1, -0.05) is 12.1 Å². The van der Waals surface area contributed by atoms with Crippen molar-refractivity contribution in [3.63, 3.8) is 0 Å². The summed E-state index contributed by atoms with van der Waals surface area (Å²) in [6.45, 7) is 5.34. The van der Waals surface area contributed by atoms with E-state index in [2.05, 4.69) is 5.32 Å². The van der Waals surface area contributed by atoms with Crippen LogP contribution >= 0.6 is 0 Å². The highest BCUT2D eigenvalue weighted by molar-refractivity contribution is 5.89. The fraction of sp³-hybridized carbons (Fsp3) is 0.400. The average Bonchev–Trinajstić information content (AvgIpc) is 3.13. The van der Waals surface area contributed by atoms with Gasteiger partial charge in [-0.15, -0.1) is 0 Å². The molecule has 1 aliphatic rings. The van der Waals surface area contributed by atoms with Gasteiger partial charge in [0.05, 0.1) is 12.8 Å². The predicted molar refractivity (Wildman–Crippen MR) is 99.7 cm³/mol. The Labute approximate surface area is 153 Å². The second-order valence-electron chi connectivity index (χ2n) is 6.74. The molecular formula is C20H25N3O3. The normalized spacial score (nSPS) is 14.9. The quantitative estimate of drug-likeness (QED) is 0.911. The van der Waals surface area contributed by atoms with Gasteiger partial charge in [0, 0.05) is 31.7 Å². The van der Waals surface area contributed by atoms with Gasteiger partial charge in [0.2, 0.25) is 5.91 Å². The van der Waals surface area contributed by atoms with Crippen molar-refractivity contribution in [2.24, 2.45) is 0 Å². The number of anilines is 1. The maximum absolute atomic E-state index is 13.0. The van der Waals surface area contributed by atoms with E-state index >= 15 is 0 Å². The van der Waals surface area contributed by atoms with Gasteiger partial charge in [-0.3, -0.25) is 4.79 Å². The number of hydrogen-bond acceptors (Lipinski definition) is 3. The highest BCUT2D eigenvalue weighted by atomic mass is 16.3. The molecule has 3 rings (SSSR count). The number of aryl methyl sites for hydroxylation is 1. The number of urea groups is 1. The fourth-order valence-corrected chi connectivity index (χ4v) is 3.35. The summed E-state index contributed by atoms with van der Waals surface area (Å²) < 4.78 is 5.45. The Morgan fingerprint density at radius 3 is 2.62 bits per heavy atom. The van der Waals surface area contributed by atoms with Crippen molar-refractivity contribution in [1.29, 1.82) is 0 Å². The van der Waals surface area contributed by atoms with Crippen LogP contribution < -0.4 is 5.32 Å². The number of carbonyl (C=O) groups excluding carboxylic acids is 2. The molecule has 6 nitrogen and oxygen atoms in total. The molecule has 3 amide bonds. The lowest BCUT2D eigenvalue weighted by molar-refractivity contribution is -0.130. The lowest BCUT2D eigenvalue weighted by Crippen LogP contribution is -2.49. The number of nitrogens with one attached hydrogen (secondary N) is 1. The molecule has 1 aromatic heterocycles. The minimum Gasteiger partial charge on any atom is -0.467 e. The zero-order chi connectivity index (χ0) is 18.5. The van der Waals surface area contributed by atoms with E-state index in [4.69, 9.17) is 4.42 Å². The Morgan fingerprint density at radius 2 is 2.00 bits per heavy atom. The van der Waals surface area contributed by atoms with Crippen LogP contribution in [0.15, 0.2) is 47.1 Å². The minimum atomic E-state index is -0.145. The molecule has 1 N–H and O–H groups in total. The summed E-state index contributed by atoms with van der Waals surface area (Å²) >= 11 is 0. The largest absolute Gasteiger partial charge is 0.467 e. The van der Waals surface area contributed by atoms with Crippen LogP contribution in [-0.2, 0) is 11.3 Å².